The molecule has 2 heterocycles. The van der Waals surface area contributed by atoms with E-state index in [0.717, 1.165) is 21.9 Å². The van der Waals surface area contributed by atoms with E-state index in [1.54, 1.807) is 11.8 Å². The van der Waals surface area contributed by atoms with Gasteiger partial charge in [-0.3, -0.25) is 4.79 Å². The molecule has 3 aromatic carbocycles. The Morgan fingerprint density at radius 1 is 0.923 bits per heavy atom. The molecule has 0 amide bonds. The standard InChI is InChI=1S/C21H15N3OS/c25-19-13-18(15-8-2-1-3-9-15)26-21-22-20(23-24(19)21)17-12-6-10-14-7-4-5-11-16(14)17/h1-12,18H,13H2/t18-/m0/s1. The highest BCUT2D eigenvalue weighted by molar-refractivity contribution is 7.99. The first-order valence-corrected chi connectivity index (χ1v) is 9.37. The molecule has 1 atom stereocenters. The number of thioether (sulfide) groups is 1. The van der Waals surface area contributed by atoms with Crippen molar-refractivity contribution < 1.29 is 4.79 Å². The highest BCUT2D eigenvalue weighted by Crippen LogP contribution is 2.41. The molecule has 4 aromatic rings. The summed E-state index contributed by atoms with van der Waals surface area (Å²) in [4.78, 5) is 17.3. The molecule has 5 heteroatoms. The van der Waals surface area contributed by atoms with Crippen molar-refractivity contribution in [3.8, 4) is 11.4 Å². The van der Waals surface area contributed by atoms with Gasteiger partial charge in [-0.05, 0) is 16.3 Å². The third kappa shape index (κ3) is 2.52. The van der Waals surface area contributed by atoms with Gasteiger partial charge in [-0.15, -0.1) is 5.10 Å². The van der Waals surface area contributed by atoms with Gasteiger partial charge in [0.2, 0.25) is 0 Å². The van der Waals surface area contributed by atoms with E-state index in [9.17, 15) is 4.79 Å². The third-order valence-corrected chi connectivity index (χ3v) is 5.82. The van der Waals surface area contributed by atoms with Gasteiger partial charge in [-0.25, -0.2) is 4.98 Å². The molecule has 1 aliphatic heterocycles. The van der Waals surface area contributed by atoms with E-state index in [4.69, 9.17) is 4.98 Å². The van der Waals surface area contributed by atoms with Gasteiger partial charge in [-0.1, -0.05) is 84.6 Å². The number of aromatic nitrogens is 3. The topological polar surface area (TPSA) is 47.8 Å². The number of nitrogens with zero attached hydrogens (tertiary/aromatic N) is 3. The molecule has 126 valence electrons. The molecule has 0 bridgehead atoms. The Hall–Kier alpha value is -2.92. The second-order valence-corrected chi connectivity index (χ2v) is 7.44. The Morgan fingerprint density at radius 2 is 1.69 bits per heavy atom. The third-order valence-electron chi connectivity index (χ3n) is 4.62. The lowest BCUT2D eigenvalue weighted by atomic mass is 10.0. The van der Waals surface area contributed by atoms with Crippen LogP contribution in [0.4, 0.5) is 0 Å². The summed E-state index contributed by atoms with van der Waals surface area (Å²) in [7, 11) is 0. The zero-order valence-corrected chi connectivity index (χ0v) is 14.7. The van der Waals surface area contributed by atoms with Crippen molar-refractivity contribution in [2.45, 2.75) is 16.8 Å². The SMILES string of the molecule is O=C1C[C@@H](c2ccccc2)Sc2nc(-c3cccc4ccccc34)nn21. The molecule has 0 fully saturated rings. The number of rotatable bonds is 2. The molecule has 1 aromatic heterocycles. The number of fused-ring (bicyclic) bond motifs is 2. The van der Waals surface area contributed by atoms with E-state index >= 15 is 0 Å². The van der Waals surface area contributed by atoms with Crippen LogP contribution in [-0.2, 0) is 0 Å². The lowest BCUT2D eigenvalue weighted by molar-refractivity contribution is 0.0868. The first-order valence-electron chi connectivity index (χ1n) is 8.49. The average Bonchev–Trinajstić information content (AvgIpc) is 3.13. The lowest BCUT2D eigenvalue weighted by Crippen LogP contribution is -2.20. The average molecular weight is 357 g/mol. The Kier molecular flexibility index (Phi) is 3.60. The molecule has 0 N–H and O–H groups in total. The van der Waals surface area contributed by atoms with Crippen LogP contribution in [0.25, 0.3) is 22.2 Å². The minimum atomic E-state index is -0.00779. The molecule has 26 heavy (non-hydrogen) atoms. The summed E-state index contributed by atoms with van der Waals surface area (Å²) in [5, 5.41) is 7.49. The normalized spacial score (nSPS) is 16.6. The van der Waals surface area contributed by atoms with E-state index in [2.05, 4.69) is 35.4 Å². The minimum absolute atomic E-state index is 0.00779. The van der Waals surface area contributed by atoms with Gasteiger partial charge < -0.3 is 0 Å². The molecule has 5 rings (SSSR count). The quantitative estimate of drug-likeness (QED) is 0.508. The van der Waals surface area contributed by atoms with Crippen molar-refractivity contribution in [3.05, 3.63) is 78.4 Å². The fraction of sp³-hybridized carbons (Fsp3) is 0.0952. The first-order chi connectivity index (χ1) is 12.8. The molecular formula is C21H15N3OS. The predicted molar refractivity (Wildman–Crippen MR) is 103 cm³/mol. The zero-order chi connectivity index (χ0) is 17.5. The van der Waals surface area contributed by atoms with E-state index in [1.165, 1.54) is 4.68 Å². The molecule has 0 saturated carbocycles. The Bertz CT molecular complexity index is 1120. The summed E-state index contributed by atoms with van der Waals surface area (Å²) >= 11 is 1.60. The van der Waals surface area contributed by atoms with Crippen LogP contribution in [-0.4, -0.2) is 20.7 Å². The fourth-order valence-electron chi connectivity index (χ4n) is 3.34. The molecule has 0 aliphatic carbocycles. The van der Waals surface area contributed by atoms with Gasteiger partial charge >= 0.3 is 0 Å². The molecule has 0 saturated heterocycles. The smallest absolute Gasteiger partial charge is 0.250 e. The van der Waals surface area contributed by atoms with Crippen molar-refractivity contribution >= 4 is 28.4 Å². The van der Waals surface area contributed by atoms with Crippen molar-refractivity contribution in [1.82, 2.24) is 14.8 Å². The maximum Gasteiger partial charge on any atom is 0.250 e. The van der Waals surface area contributed by atoms with Crippen molar-refractivity contribution in [2.75, 3.05) is 0 Å². The molecule has 1 aliphatic rings. The number of hydrogen-bond acceptors (Lipinski definition) is 4. The maximum absolute atomic E-state index is 12.6. The molecule has 0 unspecified atom stereocenters. The summed E-state index contributed by atoms with van der Waals surface area (Å²) in [5.74, 6) is 0.595. The Balaban J connectivity index is 1.58. The zero-order valence-electron chi connectivity index (χ0n) is 13.9. The van der Waals surface area contributed by atoms with Gasteiger partial charge in [0.05, 0.1) is 0 Å². The van der Waals surface area contributed by atoms with Crippen LogP contribution in [0, 0.1) is 0 Å². The van der Waals surface area contributed by atoms with Gasteiger partial charge in [0.15, 0.2) is 11.0 Å². The molecule has 4 nitrogen and oxygen atoms in total. The predicted octanol–water partition coefficient (Wildman–Crippen LogP) is 4.98. The van der Waals surface area contributed by atoms with Crippen molar-refractivity contribution in [1.29, 1.82) is 0 Å². The first kappa shape index (κ1) is 15.3. The summed E-state index contributed by atoms with van der Waals surface area (Å²) in [5.41, 5.74) is 2.10. The summed E-state index contributed by atoms with van der Waals surface area (Å²) < 4.78 is 1.46. The van der Waals surface area contributed by atoms with Gasteiger partial charge in [0, 0.05) is 17.2 Å². The van der Waals surface area contributed by atoms with Crippen LogP contribution in [0.5, 0.6) is 0 Å². The monoisotopic (exact) mass is 357 g/mol. The Morgan fingerprint density at radius 3 is 2.58 bits per heavy atom. The van der Waals surface area contributed by atoms with Crippen molar-refractivity contribution in [3.63, 3.8) is 0 Å². The highest BCUT2D eigenvalue weighted by Gasteiger charge is 2.30. The summed E-state index contributed by atoms with van der Waals surface area (Å²) in [6.07, 6.45) is 0.431. The summed E-state index contributed by atoms with van der Waals surface area (Å²) in [6, 6.07) is 24.3. The van der Waals surface area contributed by atoms with Crippen LogP contribution in [0.3, 0.4) is 0 Å². The van der Waals surface area contributed by atoms with Gasteiger partial charge in [0.25, 0.3) is 5.91 Å². The van der Waals surface area contributed by atoms with Crippen LogP contribution < -0.4 is 0 Å². The van der Waals surface area contributed by atoms with Crippen LogP contribution in [0.1, 0.15) is 22.0 Å². The largest absolute Gasteiger partial charge is 0.272 e. The molecular weight excluding hydrogens is 342 g/mol. The van der Waals surface area contributed by atoms with Gasteiger partial charge in [0.1, 0.15) is 0 Å². The minimum Gasteiger partial charge on any atom is -0.272 e. The number of carbonyl (C=O) groups excluding carboxylic acids is 1. The van der Waals surface area contributed by atoms with Crippen molar-refractivity contribution in [2.24, 2.45) is 0 Å². The lowest BCUT2D eigenvalue weighted by Gasteiger charge is -2.20. The number of carbonyl (C=O) groups is 1. The van der Waals surface area contributed by atoms with Crippen LogP contribution in [0.15, 0.2) is 78.0 Å². The van der Waals surface area contributed by atoms with E-state index in [-0.39, 0.29) is 11.2 Å². The molecule has 0 spiro atoms. The van der Waals surface area contributed by atoms with Gasteiger partial charge in [-0.2, -0.15) is 4.68 Å². The van der Waals surface area contributed by atoms with E-state index in [1.807, 2.05) is 42.5 Å². The van der Waals surface area contributed by atoms with E-state index in [0.29, 0.717) is 17.4 Å². The highest BCUT2D eigenvalue weighted by atomic mass is 32.2. The maximum atomic E-state index is 12.6. The van der Waals surface area contributed by atoms with E-state index < -0.39 is 0 Å². The second-order valence-electron chi connectivity index (χ2n) is 6.27. The number of hydrogen-bond donors (Lipinski definition) is 0. The van der Waals surface area contributed by atoms with Crippen LogP contribution >= 0.6 is 11.8 Å². The fourth-order valence-corrected chi connectivity index (χ4v) is 4.49. The molecule has 0 radical (unpaired) electrons. The number of benzene rings is 3. The Labute approximate surface area is 154 Å². The summed E-state index contributed by atoms with van der Waals surface area (Å²) in [6.45, 7) is 0. The van der Waals surface area contributed by atoms with Crippen LogP contribution in [0.2, 0.25) is 0 Å². The second kappa shape index (κ2) is 6.11.